The van der Waals surface area contributed by atoms with Crippen LogP contribution in [0.3, 0.4) is 0 Å². The van der Waals surface area contributed by atoms with Gasteiger partial charge in [-0.15, -0.1) is 0 Å². The molecule has 5 heteroatoms. The number of ether oxygens (including phenoxy) is 1. The Hall–Kier alpha value is -1.46. The third-order valence-corrected chi connectivity index (χ3v) is 3.05. The molecule has 0 spiro atoms. The Balaban J connectivity index is 1.85. The summed E-state index contributed by atoms with van der Waals surface area (Å²) >= 11 is 0. The van der Waals surface area contributed by atoms with Gasteiger partial charge in [0.15, 0.2) is 0 Å². The van der Waals surface area contributed by atoms with Crippen LogP contribution in [-0.2, 0) is 11.3 Å². The number of nitrogens with one attached hydrogen (secondary N) is 1. The Morgan fingerprint density at radius 1 is 1.56 bits per heavy atom. The third-order valence-electron chi connectivity index (χ3n) is 3.05. The number of carboxylic acids is 1. The number of hydrogen-bond acceptors (Lipinski definition) is 3. The number of carbonyl (C=O) groups is 1. The van der Waals surface area contributed by atoms with Crippen molar-refractivity contribution in [3.8, 4) is 0 Å². The van der Waals surface area contributed by atoms with E-state index in [2.05, 4.69) is 5.32 Å². The zero-order chi connectivity index (χ0) is 13.0. The van der Waals surface area contributed by atoms with Crippen molar-refractivity contribution < 1.29 is 19.0 Å². The predicted octanol–water partition coefficient (Wildman–Crippen LogP) is 1.65. The number of benzene rings is 1. The monoisotopic (exact) mass is 253 g/mol. The van der Waals surface area contributed by atoms with Crippen LogP contribution in [0, 0.1) is 11.7 Å². The summed E-state index contributed by atoms with van der Waals surface area (Å²) in [5.74, 6) is -1.41. The van der Waals surface area contributed by atoms with Crippen molar-refractivity contribution in [1.29, 1.82) is 0 Å². The third kappa shape index (κ3) is 3.27. The topological polar surface area (TPSA) is 58.6 Å². The van der Waals surface area contributed by atoms with Gasteiger partial charge >= 0.3 is 5.97 Å². The molecule has 4 nitrogen and oxygen atoms in total. The van der Waals surface area contributed by atoms with Crippen molar-refractivity contribution in [2.24, 2.45) is 5.92 Å². The summed E-state index contributed by atoms with van der Waals surface area (Å²) in [6, 6.07) is 4.19. The fourth-order valence-electron chi connectivity index (χ4n) is 2.01. The van der Waals surface area contributed by atoms with E-state index in [1.165, 1.54) is 12.1 Å². The van der Waals surface area contributed by atoms with Crippen LogP contribution in [0.5, 0.6) is 0 Å². The van der Waals surface area contributed by atoms with E-state index >= 15 is 0 Å². The molecule has 0 aliphatic carbocycles. The Morgan fingerprint density at radius 2 is 2.39 bits per heavy atom. The van der Waals surface area contributed by atoms with Crippen molar-refractivity contribution in [3.63, 3.8) is 0 Å². The number of hydrogen-bond donors (Lipinski definition) is 2. The number of aromatic carboxylic acids is 1. The summed E-state index contributed by atoms with van der Waals surface area (Å²) < 4.78 is 18.7. The van der Waals surface area contributed by atoms with Crippen molar-refractivity contribution in [3.05, 3.63) is 35.1 Å². The first kappa shape index (κ1) is 13.0. The highest BCUT2D eigenvalue weighted by atomic mass is 19.1. The van der Waals surface area contributed by atoms with Gasteiger partial charge in [0.2, 0.25) is 0 Å². The highest BCUT2D eigenvalue weighted by Gasteiger charge is 2.15. The van der Waals surface area contributed by atoms with E-state index in [1.54, 1.807) is 6.07 Å². The molecule has 2 rings (SSSR count). The van der Waals surface area contributed by atoms with Crippen LogP contribution < -0.4 is 5.32 Å². The molecule has 18 heavy (non-hydrogen) atoms. The lowest BCUT2D eigenvalue weighted by molar-refractivity contribution is 0.0692. The standard InChI is InChI=1S/C13H16FNO3/c14-12-5-9(1-2-11(12)13(16)17)6-15-7-10-3-4-18-8-10/h1-2,5,10,15H,3-4,6-8H2,(H,16,17). The maximum atomic E-state index is 13.4. The van der Waals surface area contributed by atoms with Gasteiger partial charge in [0.05, 0.1) is 12.2 Å². The molecule has 0 amide bonds. The summed E-state index contributed by atoms with van der Waals surface area (Å²) in [6.07, 6.45) is 1.05. The number of rotatable bonds is 5. The first-order valence-corrected chi connectivity index (χ1v) is 5.97. The average molecular weight is 253 g/mol. The van der Waals surface area contributed by atoms with E-state index in [4.69, 9.17) is 9.84 Å². The summed E-state index contributed by atoms with van der Waals surface area (Å²) in [5, 5.41) is 11.9. The Labute approximate surface area is 105 Å². The Bertz CT molecular complexity index is 430. The number of carboxylic acid groups (broad SMARTS) is 1. The van der Waals surface area contributed by atoms with Crippen LogP contribution in [0.2, 0.25) is 0 Å². The zero-order valence-electron chi connectivity index (χ0n) is 9.99. The Kier molecular flexibility index (Phi) is 4.28. The minimum Gasteiger partial charge on any atom is -0.478 e. The molecule has 1 fully saturated rings. The van der Waals surface area contributed by atoms with Crippen molar-refractivity contribution in [2.75, 3.05) is 19.8 Å². The molecule has 0 radical (unpaired) electrons. The van der Waals surface area contributed by atoms with Crippen molar-refractivity contribution >= 4 is 5.97 Å². The van der Waals surface area contributed by atoms with E-state index < -0.39 is 11.8 Å². The van der Waals surface area contributed by atoms with E-state index in [0.717, 1.165) is 31.7 Å². The largest absolute Gasteiger partial charge is 0.478 e. The fraction of sp³-hybridized carbons (Fsp3) is 0.462. The average Bonchev–Trinajstić information content (AvgIpc) is 2.81. The highest BCUT2D eigenvalue weighted by molar-refractivity contribution is 5.87. The molecule has 0 aromatic heterocycles. The molecule has 1 heterocycles. The van der Waals surface area contributed by atoms with Gasteiger partial charge in [-0.3, -0.25) is 0 Å². The van der Waals surface area contributed by atoms with Gasteiger partial charge < -0.3 is 15.2 Å². The molecular formula is C13H16FNO3. The maximum Gasteiger partial charge on any atom is 0.338 e. The molecule has 1 unspecified atom stereocenters. The zero-order valence-corrected chi connectivity index (χ0v) is 9.99. The van der Waals surface area contributed by atoms with E-state index in [1.807, 2.05) is 0 Å². The van der Waals surface area contributed by atoms with Crippen molar-refractivity contribution in [1.82, 2.24) is 5.32 Å². The van der Waals surface area contributed by atoms with E-state index in [9.17, 15) is 9.18 Å². The van der Waals surface area contributed by atoms with Crippen LogP contribution in [0.15, 0.2) is 18.2 Å². The predicted molar refractivity (Wildman–Crippen MR) is 64.0 cm³/mol. The Morgan fingerprint density at radius 3 is 3.00 bits per heavy atom. The molecule has 0 saturated carbocycles. The van der Waals surface area contributed by atoms with E-state index in [0.29, 0.717) is 12.5 Å². The second-order valence-corrected chi connectivity index (χ2v) is 4.48. The summed E-state index contributed by atoms with van der Waals surface area (Å²) in [7, 11) is 0. The molecule has 1 aromatic carbocycles. The van der Waals surface area contributed by atoms with Crippen LogP contribution in [0.1, 0.15) is 22.3 Å². The molecule has 0 bridgehead atoms. The normalized spacial score (nSPS) is 19.1. The summed E-state index contributed by atoms with van der Waals surface area (Å²) in [5.41, 5.74) is 0.458. The first-order valence-electron chi connectivity index (χ1n) is 5.97. The van der Waals surface area contributed by atoms with Crippen LogP contribution >= 0.6 is 0 Å². The van der Waals surface area contributed by atoms with Crippen LogP contribution in [0.25, 0.3) is 0 Å². The molecule has 1 saturated heterocycles. The molecule has 2 N–H and O–H groups in total. The van der Waals surface area contributed by atoms with Crippen molar-refractivity contribution in [2.45, 2.75) is 13.0 Å². The molecule has 1 atom stereocenters. The van der Waals surface area contributed by atoms with Gasteiger partial charge in [-0.2, -0.15) is 0 Å². The molecular weight excluding hydrogens is 237 g/mol. The minimum absolute atomic E-state index is 0.289. The van der Waals surface area contributed by atoms with Gasteiger partial charge in [-0.05, 0) is 30.0 Å². The second kappa shape index (κ2) is 5.93. The lowest BCUT2D eigenvalue weighted by Crippen LogP contribution is -2.22. The van der Waals surface area contributed by atoms with Gasteiger partial charge in [0.25, 0.3) is 0 Å². The van der Waals surface area contributed by atoms with E-state index in [-0.39, 0.29) is 5.56 Å². The molecule has 1 aliphatic rings. The maximum absolute atomic E-state index is 13.4. The molecule has 98 valence electrons. The highest BCUT2D eigenvalue weighted by Crippen LogP contribution is 2.12. The lowest BCUT2D eigenvalue weighted by atomic mass is 10.1. The second-order valence-electron chi connectivity index (χ2n) is 4.48. The van der Waals surface area contributed by atoms with Crippen LogP contribution in [-0.4, -0.2) is 30.8 Å². The SMILES string of the molecule is O=C(O)c1ccc(CNCC2CCOC2)cc1F. The summed E-state index contributed by atoms with van der Waals surface area (Å²) in [6.45, 7) is 2.96. The minimum atomic E-state index is -1.24. The quantitative estimate of drug-likeness (QED) is 0.837. The fourth-order valence-corrected chi connectivity index (χ4v) is 2.01. The number of halogens is 1. The smallest absolute Gasteiger partial charge is 0.338 e. The molecule has 1 aliphatic heterocycles. The summed E-state index contributed by atoms with van der Waals surface area (Å²) in [4.78, 5) is 10.7. The first-order chi connectivity index (χ1) is 8.66. The van der Waals surface area contributed by atoms with Crippen LogP contribution in [0.4, 0.5) is 4.39 Å². The van der Waals surface area contributed by atoms with Gasteiger partial charge in [0, 0.05) is 19.7 Å². The molecule has 1 aromatic rings. The van der Waals surface area contributed by atoms with Gasteiger partial charge in [-0.25, -0.2) is 9.18 Å². The lowest BCUT2D eigenvalue weighted by Gasteiger charge is -2.09. The van der Waals surface area contributed by atoms with Gasteiger partial charge in [-0.1, -0.05) is 6.07 Å². The van der Waals surface area contributed by atoms with Gasteiger partial charge in [0.1, 0.15) is 5.82 Å².